The standard InChI is InChI=1S/C11H15N3O2S2/c1-11(2,3)14-18(15,16)7-4-5-8-9(6-7)17-10(12)13-8/h4-6,14H,1-3H3,(H2,12,13). The molecule has 2 aromatic rings. The molecule has 1 heterocycles. The maximum absolute atomic E-state index is 12.1. The van der Waals surface area contributed by atoms with Gasteiger partial charge in [-0.25, -0.2) is 18.1 Å². The van der Waals surface area contributed by atoms with E-state index < -0.39 is 15.6 Å². The number of aromatic nitrogens is 1. The van der Waals surface area contributed by atoms with Crippen LogP contribution in [0.4, 0.5) is 5.13 Å². The van der Waals surface area contributed by atoms with Gasteiger partial charge in [-0.3, -0.25) is 0 Å². The normalized spacial score (nSPS) is 13.1. The number of rotatable bonds is 2. The third kappa shape index (κ3) is 2.80. The van der Waals surface area contributed by atoms with Crippen molar-refractivity contribution in [1.29, 1.82) is 0 Å². The summed E-state index contributed by atoms with van der Waals surface area (Å²) in [6, 6.07) is 4.80. The van der Waals surface area contributed by atoms with E-state index in [4.69, 9.17) is 5.73 Å². The Hall–Kier alpha value is -1.18. The summed E-state index contributed by atoms with van der Waals surface area (Å²) in [5, 5.41) is 0.434. The number of hydrogen-bond donors (Lipinski definition) is 2. The van der Waals surface area contributed by atoms with Crippen LogP contribution in [0.1, 0.15) is 20.8 Å². The van der Waals surface area contributed by atoms with Gasteiger partial charge in [0.15, 0.2) is 5.13 Å². The molecule has 3 N–H and O–H groups in total. The molecule has 0 spiro atoms. The largest absolute Gasteiger partial charge is 0.375 e. The minimum atomic E-state index is -3.51. The highest BCUT2D eigenvalue weighted by Gasteiger charge is 2.22. The minimum absolute atomic E-state index is 0.230. The molecule has 0 saturated carbocycles. The molecule has 2 rings (SSSR count). The molecule has 0 aliphatic heterocycles. The second kappa shape index (κ2) is 4.18. The maximum atomic E-state index is 12.1. The lowest BCUT2D eigenvalue weighted by molar-refractivity contribution is 0.491. The van der Waals surface area contributed by atoms with Crippen LogP contribution < -0.4 is 10.5 Å². The summed E-state index contributed by atoms with van der Waals surface area (Å²) < 4.78 is 27.7. The third-order valence-corrected chi connectivity index (χ3v) is 4.73. The molecular formula is C11H15N3O2S2. The van der Waals surface area contributed by atoms with Gasteiger partial charge in [-0.2, -0.15) is 0 Å². The molecule has 0 bridgehead atoms. The molecule has 0 radical (unpaired) electrons. The molecule has 7 heteroatoms. The summed E-state index contributed by atoms with van der Waals surface area (Å²) in [7, 11) is -3.51. The second-order valence-electron chi connectivity index (χ2n) is 5.04. The molecule has 0 atom stereocenters. The Labute approximate surface area is 110 Å². The van der Waals surface area contributed by atoms with Crippen molar-refractivity contribution in [3.63, 3.8) is 0 Å². The van der Waals surface area contributed by atoms with Crippen molar-refractivity contribution in [1.82, 2.24) is 9.71 Å². The fraction of sp³-hybridized carbons (Fsp3) is 0.364. The number of hydrogen-bond acceptors (Lipinski definition) is 5. The lowest BCUT2D eigenvalue weighted by atomic mass is 10.1. The molecule has 1 aromatic heterocycles. The van der Waals surface area contributed by atoms with Gasteiger partial charge >= 0.3 is 0 Å². The van der Waals surface area contributed by atoms with Crippen LogP contribution in [-0.2, 0) is 10.0 Å². The van der Waals surface area contributed by atoms with Gasteiger partial charge in [0.2, 0.25) is 10.0 Å². The van der Waals surface area contributed by atoms with Crippen molar-refractivity contribution >= 4 is 36.7 Å². The fourth-order valence-electron chi connectivity index (χ4n) is 1.55. The van der Waals surface area contributed by atoms with Crippen molar-refractivity contribution in [2.24, 2.45) is 0 Å². The number of nitrogen functional groups attached to an aromatic ring is 1. The van der Waals surface area contributed by atoms with Gasteiger partial charge in [0, 0.05) is 5.54 Å². The average Bonchev–Trinajstić information content (AvgIpc) is 2.52. The topological polar surface area (TPSA) is 85.1 Å². The number of sulfonamides is 1. The van der Waals surface area contributed by atoms with Crippen LogP contribution in [0, 0.1) is 0 Å². The van der Waals surface area contributed by atoms with Gasteiger partial charge in [0.05, 0.1) is 15.1 Å². The Morgan fingerprint density at radius 3 is 2.61 bits per heavy atom. The molecule has 0 amide bonds. The van der Waals surface area contributed by atoms with Crippen LogP contribution in [0.3, 0.4) is 0 Å². The van der Waals surface area contributed by atoms with E-state index in [1.54, 1.807) is 32.9 Å². The summed E-state index contributed by atoms with van der Waals surface area (Å²) in [6.07, 6.45) is 0. The van der Waals surface area contributed by atoms with Crippen LogP contribution in [0.2, 0.25) is 0 Å². The summed E-state index contributed by atoms with van der Waals surface area (Å²) in [5.74, 6) is 0. The Morgan fingerprint density at radius 2 is 2.00 bits per heavy atom. The predicted octanol–water partition coefficient (Wildman–Crippen LogP) is 1.96. The van der Waals surface area contributed by atoms with E-state index in [1.165, 1.54) is 17.4 Å². The summed E-state index contributed by atoms with van der Waals surface area (Å²) in [5.41, 5.74) is 5.80. The SMILES string of the molecule is CC(C)(C)NS(=O)(=O)c1ccc2nc(N)sc2c1. The fourth-order valence-corrected chi connectivity index (χ4v) is 3.84. The van der Waals surface area contributed by atoms with Gasteiger partial charge in [-0.05, 0) is 39.0 Å². The lowest BCUT2D eigenvalue weighted by Crippen LogP contribution is -2.40. The Kier molecular flexibility index (Phi) is 3.08. The molecule has 0 saturated heterocycles. The molecule has 5 nitrogen and oxygen atoms in total. The Morgan fingerprint density at radius 1 is 1.33 bits per heavy atom. The second-order valence-corrected chi connectivity index (χ2v) is 7.78. The molecule has 0 aliphatic carbocycles. The van der Waals surface area contributed by atoms with Crippen molar-refractivity contribution < 1.29 is 8.42 Å². The smallest absolute Gasteiger partial charge is 0.241 e. The van der Waals surface area contributed by atoms with Crippen molar-refractivity contribution in [2.45, 2.75) is 31.2 Å². The molecule has 1 aromatic carbocycles. The first-order valence-electron chi connectivity index (χ1n) is 5.37. The Bertz CT molecular complexity index is 684. The summed E-state index contributed by atoms with van der Waals surface area (Å²) in [4.78, 5) is 4.32. The first-order chi connectivity index (χ1) is 8.17. The highest BCUT2D eigenvalue weighted by Crippen LogP contribution is 2.26. The quantitative estimate of drug-likeness (QED) is 0.883. The Balaban J connectivity index is 2.47. The van der Waals surface area contributed by atoms with Crippen molar-refractivity contribution in [3.8, 4) is 0 Å². The number of thiazole rings is 1. The van der Waals surface area contributed by atoms with E-state index in [1.807, 2.05) is 0 Å². The molecule has 0 aliphatic rings. The zero-order valence-corrected chi connectivity index (χ0v) is 12.0. The van der Waals surface area contributed by atoms with E-state index in [0.717, 1.165) is 4.70 Å². The predicted molar refractivity (Wildman–Crippen MR) is 74.1 cm³/mol. The van der Waals surface area contributed by atoms with Crippen LogP contribution >= 0.6 is 11.3 Å². The number of benzene rings is 1. The number of nitrogens with zero attached hydrogens (tertiary/aromatic N) is 1. The maximum Gasteiger partial charge on any atom is 0.241 e. The van der Waals surface area contributed by atoms with Gasteiger partial charge in [0.1, 0.15) is 0 Å². The lowest BCUT2D eigenvalue weighted by Gasteiger charge is -2.20. The number of nitrogens with two attached hydrogens (primary N) is 1. The average molecular weight is 285 g/mol. The zero-order chi connectivity index (χ0) is 13.6. The number of nitrogens with one attached hydrogen (secondary N) is 1. The van der Waals surface area contributed by atoms with Crippen molar-refractivity contribution in [2.75, 3.05) is 5.73 Å². The van der Waals surface area contributed by atoms with E-state index in [0.29, 0.717) is 10.6 Å². The van der Waals surface area contributed by atoms with Gasteiger partial charge in [-0.1, -0.05) is 11.3 Å². The monoisotopic (exact) mass is 285 g/mol. The van der Waals surface area contributed by atoms with Gasteiger partial charge in [-0.15, -0.1) is 0 Å². The van der Waals surface area contributed by atoms with Crippen molar-refractivity contribution in [3.05, 3.63) is 18.2 Å². The van der Waals surface area contributed by atoms with Crippen LogP contribution in [0.5, 0.6) is 0 Å². The van der Waals surface area contributed by atoms with Crippen LogP contribution in [0.15, 0.2) is 23.1 Å². The molecular weight excluding hydrogens is 270 g/mol. The highest BCUT2D eigenvalue weighted by atomic mass is 32.2. The zero-order valence-electron chi connectivity index (χ0n) is 10.4. The molecule has 98 valence electrons. The highest BCUT2D eigenvalue weighted by molar-refractivity contribution is 7.89. The first-order valence-corrected chi connectivity index (χ1v) is 7.67. The van der Waals surface area contributed by atoms with Gasteiger partial charge < -0.3 is 5.73 Å². The number of anilines is 1. The third-order valence-electron chi connectivity index (χ3n) is 2.13. The van der Waals surface area contributed by atoms with E-state index in [2.05, 4.69) is 9.71 Å². The van der Waals surface area contributed by atoms with E-state index in [9.17, 15) is 8.42 Å². The van der Waals surface area contributed by atoms with E-state index >= 15 is 0 Å². The molecule has 0 fully saturated rings. The first kappa shape index (κ1) is 13.3. The van der Waals surface area contributed by atoms with Crippen LogP contribution in [-0.4, -0.2) is 18.9 Å². The van der Waals surface area contributed by atoms with E-state index in [-0.39, 0.29) is 4.90 Å². The molecule has 0 unspecified atom stereocenters. The molecule has 18 heavy (non-hydrogen) atoms. The number of fused-ring (bicyclic) bond motifs is 1. The van der Waals surface area contributed by atoms with Gasteiger partial charge in [0.25, 0.3) is 0 Å². The van der Waals surface area contributed by atoms with Crippen LogP contribution in [0.25, 0.3) is 10.2 Å². The summed E-state index contributed by atoms with van der Waals surface area (Å²) >= 11 is 1.27. The summed E-state index contributed by atoms with van der Waals surface area (Å²) in [6.45, 7) is 5.40. The minimum Gasteiger partial charge on any atom is -0.375 e.